The van der Waals surface area contributed by atoms with E-state index in [1.165, 1.54) is 18.3 Å². The van der Waals surface area contributed by atoms with Gasteiger partial charge in [0, 0.05) is 11.6 Å². The van der Waals surface area contributed by atoms with Crippen molar-refractivity contribution in [1.29, 1.82) is 0 Å². The molecule has 3 N–H and O–H groups in total. The molecule has 0 saturated heterocycles. The van der Waals surface area contributed by atoms with Gasteiger partial charge in [-0.2, -0.15) is 0 Å². The molecule has 1 atom stereocenters. The second kappa shape index (κ2) is 5.20. The Kier molecular flexibility index (Phi) is 3.40. The Morgan fingerprint density at radius 3 is 2.85 bits per heavy atom. The second-order valence-corrected chi connectivity index (χ2v) is 4.68. The first kappa shape index (κ1) is 13.1. The summed E-state index contributed by atoms with van der Waals surface area (Å²) in [5.74, 6) is 5.51. The second-order valence-electron chi connectivity index (χ2n) is 4.28. The number of nitrogens with two attached hydrogens (primary N) is 1. The lowest BCUT2D eigenvalue weighted by molar-refractivity contribution is 0.454. The van der Waals surface area contributed by atoms with Crippen molar-refractivity contribution >= 4 is 22.6 Å². The van der Waals surface area contributed by atoms with Crippen LogP contribution >= 0.6 is 11.6 Å². The molecular formula is C14H11ClFN3O. The topological polar surface area (TPSA) is 64.1 Å². The van der Waals surface area contributed by atoms with Crippen molar-refractivity contribution in [2.75, 3.05) is 0 Å². The van der Waals surface area contributed by atoms with E-state index in [4.69, 9.17) is 21.9 Å². The van der Waals surface area contributed by atoms with E-state index in [-0.39, 0.29) is 5.69 Å². The largest absolute Gasteiger partial charge is 0.457 e. The molecule has 3 rings (SSSR count). The average Bonchev–Trinajstić information content (AvgIpc) is 2.87. The van der Waals surface area contributed by atoms with Crippen LogP contribution < -0.4 is 11.3 Å². The van der Waals surface area contributed by atoms with Crippen molar-refractivity contribution in [3.8, 4) is 0 Å². The number of fused-ring (bicyclic) bond motifs is 1. The first-order valence-corrected chi connectivity index (χ1v) is 6.33. The molecule has 4 nitrogen and oxygen atoms in total. The number of para-hydroxylation sites is 1. The standard InChI is InChI=1S/C14H11ClFN3O/c15-9-4-1-3-8-7-11(20-14(8)9)13(19-17)12-10(16)5-2-6-18-12/h1-7,13,19H,17H2. The van der Waals surface area contributed by atoms with Crippen LogP contribution in [-0.2, 0) is 0 Å². The Morgan fingerprint density at radius 1 is 1.30 bits per heavy atom. The number of nitrogens with one attached hydrogen (secondary N) is 1. The average molecular weight is 292 g/mol. The summed E-state index contributed by atoms with van der Waals surface area (Å²) >= 11 is 6.06. The maximum absolute atomic E-state index is 13.8. The predicted molar refractivity (Wildman–Crippen MR) is 74.6 cm³/mol. The lowest BCUT2D eigenvalue weighted by atomic mass is 10.1. The molecule has 0 aliphatic heterocycles. The highest BCUT2D eigenvalue weighted by Crippen LogP contribution is 2.31. The highest BCUT2D eigenvalue weighted by molar-refractivity contribution is 6.34. The summed E-state index contributed by atoms with van der Waals surface area (Å²) in [6, 6.07) is 9.32. The van der Waals surface area contributed by atoms with Gasteiger partial charge >= 0.3 is 0 Å². The summed E-state index contributed by atoms with van der Waals surface area (Å²) in [6.45, 7) is 0. The van der Waals surface area contributed by atoms with Crippen molar-refractivity contribution in [1.82, 2.24) is 10.4 Å². The fourth-order valence-corrected chi connectivity index (χ4v) is 2.32. The summed E-state index contributed by atoms with van der Waals surface area (Å²) in [6.07, 6.45) is 1.50. The van der Waals surface area contributed by atoms with Crippen LogP contribution in [-0.4, -0.2) is 4.98 Å². The third-order valence-electron chi connectivity index (χ3n) is 3.03. The van der Waals surface area contributed by atoms with E-state index in [0.717, 1.165) is 5.39 Å². The fourth-order valence-electron chi connectivity index (χ4n) is 2.10. The molecule has 0 spiro atoms. The Labute approximate surface area is 119 Å². The van der Waals surface area contributed by atoms with E-state index < -0.39 is 11.9 Å². The minimum absolute atomic E-state index is 0.171. The Balaban J connectivity index is 2.12. The minimum atomic E-state index is -0.681. The first-order valence-electron chi connectivity index (χ1n) is 5.95. The van der Waals surface area contributed by atoms with Gasteiger partial charge in [-0.1, -0.05) is 23.7 Å². The van der Waals surface area contributed by atoms with Crippen LogP contribution in [0.2, 0.25) is 5.02 Å². The molecule has 1 unspecified atom stereocenters. The van der Waals surface area contributed by atoms with Crippen LogP contribution in [0.3, 0.4) is 0 Å². The lowest BCUT2D eigenvalue weighted by Crippen LogP contribution is -2.29. The van der Waals surface area contributed by atoms with E-state index >= 15 is 0 Å². The van der Waals surface area contributed by atoms with Crippen LogP contribution in [0.5, 0.6) is 0 Å². The molecule has 1 aromatic carbocycles. The summed E-state index contributed by atoms with van der Waals surface area (Å²) in [5, 5.41) is 1.31. The highest BCUT2D eigenvalue weighted by atomic mass is 35.5. The molecule has 0 bridgehead atoms. The molecule has 2 heterocycles. The molecule has 0 aliphatic carbocycles. The molecule has 0 fully saturated rings. The number of benzene rings is 1. The van der Waals surface area contributed by atoms with Gasteiger partial charge in [0.25, 0.3) is 0 Å². The molecule has 0 saturated carbocycles. The van der Waals surface area contributed by atoms with Gasteiger partial charge in [-0.3, -0.25) is 10.8 Å². The van der Waals surface area contributed by atoms with Crippen LogP contribution in [0, 0.1) is 5.82 Å². The van der Waals surface area contributed by atoms with Crippen LogP contribution in [0.25, 0.3) is 11.0 Å². The molecule has 102 valence electrons. The van der Waals surface area contributed by atoms with Crippen molar-refractivity contribution in [2.24, 2.45) is 5.84 Å². The van der Waals surface area contributed by atoms with E-state index in [1.54, 1.807) is 12.1 Å². The van der Waals surface area contributed by atoms with Crippen LogP contribution in [0.4, 0.5) is 4.39 Å². The van der Waals surface area contributed by atoms with Crippen molar-refractivity contribution in [3.05, 3.63) is 64.9 Å². The summed E-state index contributed by atoms with van der Waals surface area (Å²) in [5.41, 5.74) is 3.23. The zero-order valence-corrected chi connectivity index (χ0v) is 11.1. The number of hydrogen-bond acceptors (Lipinski definition) is 4. The number of nitrogens with zero attached hydrogens (tertiary/aromatic N) is 1. The Bertz CT molecular complexity index is 759. The minimum Gasteiger partial charge on any atom is -0.457 e. The van der Waals surface area contributed by atoms with Crippen molar-refractivity contribution < 1.29 is 8.81 Å². The number of furan rings is 1. The van der Waals surface area contributed by atoms with Crippen molar-refractivity contribution in [3.63, 3.8) is 0 Å². The zero-order valence-electron chi connectivity index (χ0n) is 10.3. The van der Waals surface area contributed by atoms with Gasteiger partial charge in [-0.25, -0.2) is 9.82 Å². The van der Waals surface area contributed by atoms with Gasteiger partial charge in [0.2, 0.25) is 0 Å². The molecule has 0 radical (unpaired) electrons. The molecular weight excluding hydrogens is 281 g/mol. The third-order valence-corrected chi connectivity index (χ3v) is 3.32. The number of rotatable bonds is 3. The van der Waals surface area contributed by atoms with E-state index in [2.05, 4.69) is 10.4 Å². The number of pyridine rings is 1. The zero-order chi connectivity index (χ0) is 14.1. The van der Waals surface area contributed by atoms with Gasteiger partial charge < -0.3 is 4.42 Å². The SMILES string of the molecule is NNC(c1cc2cccc(Cl)c2o1)c1ncccc1F. The maximum atomic E-state index is 13.8. The smallest absolute Gasteiger partial charge is 0.152 e. The quantitative estimate of drug-likeness (QED) is 0.575. The van der Waals surface area contributed by atoms with Crippen LogP contribution in [0.1, 0.15) is 17.5 Å². The van der Waals surface area contributed by atoms with Gasteiger partial charge in [-0.05, 0) is 24.3 Å². The Morgan fingerprint density at radius 2 is 2.15 bits per heavy atom. The number of aromatic nitrogens is 1. The molecule has 2 aromatic heterocycles. The monoisotopic (exact) mass is 291 g/mol. The van der Waals surface area contributed by atoms with E-state index in [0.29, 0.717) is 16.4 Å². The summed E-state index contributed by atoms with van der Waals surface area (Å²) in [4.78, 5) is 4.01. The summed E-state index contributed by atoms with van der Waals surface area (Å²) < 4.78 is 19.5. The molecule has 0 aliphatic rings. The number of hydrazine groups is 1. The summed E-state index contributed by atoms with van der Waals surface area (Å²) in [7, 11) is 0. The van der Waals surface area contributed by atoms with Gasteiger partial charge in [-0.15, -0.1) is 0 Å². The van der Waals surface area contributed by atoms with Gasteiger partial charge in [0.05, 0.1) is 5.02 Å². The van der Waals surface area contributed by atoms with E-state index in [9.17, 15) is 4.39 Å². The Hall–Kier alpha value is -1.95. The molecule has 20 heavy (non-hydrogen) atoms. The molecule has 6 heteroatoms. The van der Waals surface area contributed by atoms with E-state index in [1.807, 2.05) is 12.1 Å². The molecule has 3 aromatic rings. The van der Waals surface area contributed by atoms with Crippen molar-refractivity contribution in [2.45, 2.75) is 6.04 Å². The fraction of sp³-hybridized carbons (Fsp3) is 0.0714. The number of hydrogen-bond donors (Lipinski definition) is 2. The van der Waals surface area contributed by atoms with Gasteiger partial charge in [0.15, 0.2) is 5.58 Å². The highest BCUT2D eigenvalue weighted by Gasteiger charge is 2.22. The normalized spacial score (nSPS) is 12.8. The van der Waals surface area contributed by atoms with Crippen LogP contribution in [0.15, 0.2) is 47.0 Å². The maximum Gasteiger partial charge on any atom is 0.152 e. The first-order chi connectivity index (χ1) is 9.70. The van der Waals surface area contributed by atoms with Gasteiger partial charge in [0.1, 0.15) is 23.3 Å². The number of halogens is 2. The predicted octanol–water partition coefficient (Wildman–Crippen LogP) is 3.17. The molecule has 0 amide bonds. The third kappa shape index (κ3) is 2.16. The lowest BCUT2D eigenvalue weighted by Gasteiger charge is -2.12.